The zero-order valence-corrected chi connectivity index (χ0v) is 17.8. The number of carbonyl (C=O) groups is 2. The Morgan fingerprint density at radius 3 is 2.50 bits per heavy atom. The van der Waals surface area contributed by atoms with Crippen molar-refractivity contribution in [3.63, 3.8) is 0 Å². The standard InChI is InChI=1S/C24H38O4/c1-14(4-7-21(27)28)17-5-6-18-22-19(9-11-24(17,18)3)23(2)10-8-16(25)12-15(23)13-20(22)26/h14-19,22,25H,4-13H2,1-3H3,(H,27,28)/t14-,15?,16-,17-,18?,19?,22?,23+,24-/m1/s1. The summed E-state index contributed by atoms with van der Waals surface area (Å²) >= 11 is 0. The number of fused-ring (bicyclic) bond motifs is 5. The lowest BCUT2D eigenvalue weighted by Crippen LogP contribution is -2.57. The Balaban J connectivity index is 1.56. The van der Waals surface area contributed by atoms with E-state index in [1.54, 1.807) is 0 Å². The number of Topliss-reactive ketones (excluding diaryl/α,β-unsaturated/α-hetero) is 1. The van der Waals surface area contributed by atoms with Crippen LogP contribution in [0.15, 0.2) is 0 Å². The number of carboxylic acid groups (broad SMARTS) is 1. The van der Waals surface area contributed by atoms with Crippen molar-refractivity contribution in [2.24, 2.45) is 46.3 Å². The van der Waals surface area contributed by atoms with Crippen LogP contribution in [0.4, 0.5) is 0 Å². The highest BCUT2D eigenvalue weighted by molar-refractivity contribution is 5.83. The van der Waals surface area contributed by atoms with Gasteiger partial charge in [0.05, 0.1) is 6.10 Å². The molecule has 2 N–H and O–H groups in total. The molecule has 0 amide bonds. The molecule has 0 spiro atoms. The van der Waals surface area contributed by atoms with Gasteiger partial charge in [0.15, 0.2) is 0 Å². The summed E-state index contributed by atoms with van der Waals surface area (Å²) in [6.07, 6.45) is 8.81. The Labute approximate surface area is 169 Å². The lowest BCUT2D eigenvalue weighted by atomic mass is 9.44. The normalized spacial score (nSPS) is 49.1. The molecule has 4 fully saturated rings. The number of carboxylic acids is 1. The summed E-state index contributed by atoms with van der Waals surface area (Å²) in [5.41, 5.74) is 0.401. The predicted molar refractivity (Wildman–Crippen MR) is 108 cm³/mol. The Bertz CT molecular complexity index is 645. The molecule has 4 aliphatic rings. The van der Waals surface area contributed by atoms with Crippen LogP contribution in [-0.2, 0) is 9.59 Å². The van der Waals surface area contributed by atoms with E-state index in [2.05, 4.69) is 20.8 Å². The molecule has 0 bridgehead atoms. The molecule has 4 nitrogen and oxygen atoms in total. The van der Waals surface area contributed by atoms with Crippen molar-refractivity contribution in [3.05, 3.63) is 0 Å². The Morgan fingerprint density at radius 2 is 1.79 bits per heavy atom. The molecule has 0 aromatic rings. The Hall–Kier alpha value is -0.900. The number of hydrogen-bond acceptors (Lipinski definition) is 3. The summed E-state index contributed by atoms with van der Waals surface area (Å²) in [5, 5.41) is 19.3. The number of rotatable bonds is 4. The fourth-order valence-corrected chi connectivity index (χ4v) is 8.44. The van der Waals surface area contributed by atoms with E-state index in [4.69, 9.17) is 5.11 Å². The minimum atomic E-state index is -0.698. The average molecular weight is 391 g/mol. The number of aliphatic hydroxyl groups is 1. The lowest BCUT2D eigenvalue weighted by Gasteiger charge is -2.60. The zero-order valence-electron chi connectivity index (χ0n) is 17.8. The van der Waals surface area contributed by atoms with Crippen molar-refractivity contribution in [1.82, 2.24) is 0 Å². The molecule has 158 valence electrons. The van der Waals surface area contributed by atoms with E-state index in [1.165, 1.54) is 6.42 Å². The molecular weight excluding hydrogens is 352 g/mol. The summed E-state index contributed by atoms with van der Waals surface area (Å²) in [6.45, 7) is 7.06. The first-order valence-corrected chi connectivity index (χ1v) is 11.6. The molecule has 4 saturated carbocycles. The maximum Gasteiger partial charge on any atom is 0.303 e. The molecule has 28 heavy (non-hydrogen) atoms. The molecule has 4 aliphatic carbocycles. The average Bonchev–Trinajstić information content (AvgIpc) is 2.98. The van der Waals surface area contributed by atoms with Crippen molar-refractivity contribution >= 4 is 11.8 Å². The van der Waals surface area contributed by atoms with Crippen LogP contribution in [-0.4, -0.2) is 28.1 Å². The van der Waals surface area contributed by atoms with Crippen molar-refractivity contribution in [1.29, 1.82) is 0 Å². The van der Waals surface area contributed by atoms with Crippen LogP contribution in [0.2, 0.25) is 0 Å². The van der Waals surface area contributed by atoms with E-state index < -0.39 is 5.97 Å². The molecule has 0 aromatic heterocycles. The molecule has 0 heterocycles. The molecule has 0 radical (unpaired) electrons. The van der Waals surface area contributed by atoms with Gasteiger partial charge in [-0.15, -0.1) is 0 Å². The van der Waals surface area contributed by atoms with Crippen molar-refractivity contribution in [2.45, 2.75) is 91.1 Å². The topological polar surface area (TPSA) is 74.6 Å². The summed E-state index contributed by atoms with van der Waals surface area (Å²) in [5.74, 6) is 2.25. The van der Waals surface area contributed by atoms with Crippen molar-refractivity contribution < 1.29 is 19.8 Å². The minimum Gasteiger partial charge on any atom is -0.481 e. The molecule has 4 unspecified atom stereocenters. The van der Waals surface area contributed by atoms with Gasteiger partial charge in [-0.25, -0.2) is 0 Å². The maximum absolute atomic E-state index is 13.3. The van der Waals surface area contributed by atoms with E-state index in [1.807, 2.05) is 0 Å². The van der Waals surface area contributed by atoms with Gasteiger partial charge in [0.1, 0.15) is 5.78 Å². The molecule has 4 rings (SSSR count). The number of aliphatic carboxylic acids is 1. The number of ketones is 1. The van der Waals surface area contributed by atoms with Gasteiger partial charge in [0, 0.05) is 18.8 Å². The van der Waals surface area contributed by atoms with Crippen LogP contribution in [0.1, 0.15) is 85.0 Å². The molecule has 4 heteroatoms. The van der Waals surface area contributed by atoms with Gasteiger partial charge in [-0.05, 0) is 91.8 Å². The molecule has 0 aliphatic heterocycles. The second-order valence-corrected chi connectivity index (χ2v) is 11.2. The third-order valence-electron chi connectivity index (χ3n) is 10.0. The molecule has 0 saturated heterocycles. The van der Waals surface area contributed by atoms with Crippen LogP contribution in [0.3, 0.4) is 0 Å². The second kappa shape index (κ2) is 7.11. The summed E-state index contributed by atoms with van der Waals surface area (Å²) in [6, 6.07) is 0. The van der Waals surface area contributed by atoms with Crippen LogP contribution in [0.25, 0.3) is 0 Å². The van der Waals surface area contributed by atoms with E-state index >= 15 is 0 Å². The third kappa shape index (κ3) is 3.05. The molecular formula is C24H38O4. The van der Waals surface area contributed by atoms with Crippen molar-refractivity contribution in [2.75, 3.05) is 0 Å². The third-order valence-corrected chi connectivity index (χ3v) is 10.0. The Morgan fingerprint density at radius 1 is 1.11 bits per heavy atom. The number of aliphatic hydroxyl groups excluding tert-OH is 1. The van der Waals surface area contributed by atoms with Gasteiger partial charge in [0.2, 0.25) is 0 Å². The first-order valence-electron chi connectivity index (χ1n) is 11.6. The fraction of sp³-hybridized carbons (Fsp3) is 0.917. The van der Waals surface area contributed by atoms with E-state index in [9.17, 15) is 14.7 Å². The molecule has 0 aromatic carbocycles. The second-order valence-electron chi connectivity index (χ2n) is 11.2. The monoisotopic (exact) mass is 390 g/mol. The van der Waals surface area contributed by atoms with Crippen LogP contribution in [0, 0.1) is 46.3 Å². The smallest absolute Gasteiger partial charge is 0.303 e. The SMILES string of the molecule is C[C@H](CCC(=O)O)[C@H]1CCC2C3C(=O)CC4C[C@H](O)CC[C@]4(C)C3CC[C@@]21C. The summed E-state index contributed by atoms with van der Waals surface area (Å²) in [7, 11) is 0. The highest BCUT2D eigenvalue weighted by Crippen LogP contribution is 2.67. The van der Waals surface area contributed by atoms with Gasteiger partial charge >= 0.3 is 5.97 Å². The highest BCUT2D eigenvalue weighted by atomic mass is 16.4. The minimum absolute atomic E-state index is 0.187. The van der Waals surface area contributed by atoms with Crippen LogP contribution in [0.5, 0.6) is 0 Å². The van der Waals surface area contributed by atoms with Gasteiger partial charge in [0.25, 0.3) is 0 Å². The first-order chi connectivity index (χ1) is 13.2. The number of hydrogen-bond donors (Lipinski definition) is 2. The van der Waals surface area contributed by atoms with E-state index in [0.717, 1.165) is 44.9 Å². The first kappa shape index (κ1) is 20.4. The van der Waals surface area contributed by atoms with Crippen LogP contribution >= 0.6 is 0 Å². The zero-order chi connectivity index (χ0) is 20.3. The Kier molecular flexibility index (Phi) is 5.17. The van der Waals surface area contributed by atoms with Gasteiger partial charge < -0.3 is 10.2 Å². The van der Waals surface area contributed by atoms with Gasteiger partial charge in [-0.3, -0.25) is 9.59 Å². The summed E-state index contributed by atoms with van der Waals surface area (Å²) < 4.78 is 0. The summed E-state index contributed by atoms with van der Waals surface area (Å²) in [4.78, 5) is 24.4. The quantitative estimate of drug-likeness (QED) is 0.730. The van der Waals surface area contributed by atoms with Gasteiger partial charge in [-0.1, -0.05) is 20.8 Å². The largest absolute Gasteiger partial charge is 0.481 e. The molecule has 9 atom stereocenters. The van der Waals surface area contributed by atoms with Crippen molar-refractivity contribution in [3.8, 4) is 0 Å². The van der Waals surface area contributed by atoms with E-state index in [-0.39, 0.29) is 29.3 Å². The highest BCUT2D eigenvalue weighted by Gasteiger charge is 2.62. The predicted octanol–water partition coefficient (Wildman–Crippen LogP) is 4.69. The maximum atomic E-state index is 13.3. The number of carbonyl (C=O) groups excluding carboxylic acids is 1. The van der Waals surface area contributed by atoms with Gasteiger partial charge in [-0.2, -0.15) is 0 Å². The van der Waals surface area contributed by atoms with E-state index in [0.29, 0.717) is 41.8 Å². The van der Waals surface area contributed by atoms with Crippen LogP contribution < -0.4 is 0 Å². The fourth-order valence-electron chi connectivity index (χ4n) is 8.44. The lowest BCUT2D eigenvalue weighted by molar-refractivity contribution is -0.160.